The number of ether oxygens (including phenoxy) is 1. The van der Waals surface area contributed by atoms with Crippen LogP contribution in [0.15, 0.2) is 0 Å². The van der Waals surface area contributed by atoms with Crippen LogP contribution in [0, 0.1) is 5.92 Å². The van der Waals surface area contributed by atoms with E-state index in [4.69, 9.17) is 9.84 Å². The molecule has 3 atom stereocenters. The molecule has 1 fully saturated rings. The number of carboxylic acid groups (broad SMARTS) is 1. The molecule has 1 saturated heterocycles. The number of carbonyl (C=O) groups excluding carboxylic acids is 1. The van der Waals surface area contributed by atoms with Gasteiger partial charge in [-0.15, -0.1) is 0 Å². The molecule has 2 N–H and O–H groups in total. The Kier molecular flexibility index (Phi) is 6.08. The van der Waals surface area contributed by atoms with Crippen molar-refractivity contribution in [3.63, 3.8) is 0 Å². The lowest BCUT2D eigenvalue weighted by Gasteiger charge is -2.33. The first kappa shape index (κ1) is 15.8. The fraction of sp³-hybridized carbons (Fsp3) is 0.846. The fourth-order valence-electron chi connectivity index (χ4n) is 2.12. The summed E-state index contributed by atoms with van der Waals surface area (Å²) in [6, 6.07) is -0.595. The topological polar surface area (TPSA) is 78.9 Å². The second-order valence-electron chi connectivity index (χ2n) is 5.03. The highest BCUT2D eigenvalue weighted by Gasteiger charge is 2.27. The average Bonchev–Trinajstić information content (AvgIpc) is 2.38. The molecule has 1 aliphatic rings. The number of nitrogens with zero attached hydrogens (tertiary/aromatic N) is 1. The largest absolute Gasteiger partial charge is 0.481 e. The van der Waals surface area contributed by atoms with E-state index >= 15 is 0 Å². The Bertz CT molecular complexity index is 320. The molecule has 0 aromatic heterocycles. The van der Waals surface area contributed by atoms with Gasteiger partial charge in [-0.1, -0.05) is 0 Å². The number of hydrogen-bond acceptors (Lipinski definition) is 3. The molecule has 0 aromatic rings. The summed E-state index contributed by atoms with van der Waals surface area (Å²) in [7, 11) is 0. The predicted molar refractivity (Wildman–Crippen MR) is 71.0 cm³/mol. The van der Waals surface area contributed by atoms with Crippen molar-refractivity contribution >= 4 is 12.0 Å². The molecule has 1 rings (SSSR count). The van der Waals surface area contributed by atoms with Crippen LogP contribution in [0.3, 0.4) is 0 Å². The lowest BCUT2D eigenvalue weighted by atomic mass is 10.0. The van der Waals surface area contributed by atoms with Crippen molar-refractivity contribution in [3.05, 3.63) is 0 Å². The standard InChI is InChI=1S/C13H24N2O4/c1-4-19-11-6-5-7-15(8-11)13(18)14-10(3)9(2)12(16)17/h9-11H,4-8H2,1-3H3,(H,14,18)(H,16,17). The van der Waals surface area contributed by atoms with Crippen molar-refractivity contribution in [3.8, 4) is 0 Å². The van der Waals surface area contributed by atoms with Crippen molar-refractivity contribution in [1.29, 1.82) is 0 Å². The maximum Gasteiger partial charge on any atom is 0.317 e. The number of aliphatic carboxylic acids is 1. The molecule has 1 heterocycles. The van der Waals surface area contributed by atoms with E-state index in [1.165, 1.54) is 0 Å². The Morgan fingerprint density at radius 1 is 1.47 bits per heavy atom. The van der Waals surface area contributed by atoms with Crippen LogP contribution in [0.1, 0.15) is 33.6 Å². The third-order valence-electron chi connectivity index (χ3n) is 3.56. The summed E-state index contributed by atoms with van der Waals surface area (Å²) >= 11 is 0. The number of likely N-dealkylation sites (tertiary alicyclic amines) is 1. The first-order valence-corrected chi connectivity index (χ1v) is 6.85. The van der Waals surface area contributed by atoms with Gasteiger partial charge in [0.2, 0.25) is 0 Å². The number of carbonyl (C=O) groups is 2. The number of piperidine rings is 1. The van der Waals surface area contributed by atoms with Gasteiger partial charge >= 0.3 is 12.0 Å². The third-order valence-corrected chi connectivity index (χ3v) is 3.56. The van der Waals surface area contributed by atoms with Crippen molar-refractivity contribution in [2.75, 3.05) is 19.7 Å². The van der Waals surface area contributed by atoms with E-state index in [0.29, 0.717) is 19.7 Å². The monoisotopic (exact) mass is 272 g/mol. The number of nitrogens with one attached hydrogen (secondary N) is 1. The first-order chi connectivity index (χ1) is 8.95. The SMILES string of the molecule is CCOC1CCCN(C(=O)NC(C)C(C)C(=O)O)C1. The first-order valence-electron chi connectivity index (χ1n) is 6.85. The van der Waals surface area contributed by atoms with Gasteiger partial charge in [-0.05, 0) is 33.6 Å². The maximum atomic E-state index is 12.1. The Hall–Kier alpha value is -1.30. The molecular weight excluding hydrogens is 248 g/mol. The van der Waals surface area contributed by atoms with Crippen molar-refractivity contribution in [2.24, 2.45) is 5.92 Å². The van der Waals surface area contributed by atoms with Gasteiger partial charge in [0.15, 0.2) is 0 Å². The molecule has 0 radical (unpaired) electrons. The summed E-state index contributed by atoms with van der Waals surface area (Å²) in [5, 5.41) is 11.6. The van der Waals surface area contributed by atoms with Crippen LogP contribution in [0.25, 0.3) is 0 Å². The van der Waals surface area contributed by atoms with E-state index in [2.05, 4.69) is 5.32 Å². The van der Waals surface area contributed by atoms with Crippen molar-refractivity contribution in [2.45, 2.75) is 45.8 Å². The molecule has 1 aliphatic heterocycles. The van der Waals surface area contributed by atoms with Gasteiger partial charge in [0.1, 0.15) is 0 Å². The number of hydrogen-bond donors (Lipinski definition) is 2. The lowest BCUT2D eigenvalue weighted by molar-refractivity contribution is -0.141. The minimum absolute atomic E-state index is 0.0942. The summed E-state index contributed by atoms with van der Waals surface area (Å²) in [6.07, 6.45) is 1.98. The number of urea groups is 1. The molecule has 0 bridgehead atoms. The zero-order valence-electron chi connectivity index (χ0n) is 11.9. The van der Waals surface area contributed by atoms with E-state index < -0.39 is 17.9 Å². The summed E-state index contributed by atoms with van der Waals surface area (Å²) in [5.74, 6) is -1.50. The lowest BCUT2D eigenvalue weighted by Crippen LogP contribution is -2.51. The van der Waals surface area contributed by atoms with Crippen LogP contribution in [0.4, 0.5) is 4.79 Å². The Morgan fingerprint density at radius 3 is 2.74 bits per heavy atom. The normalized spacial score (nSPS) is 22.7. The highest BCUT2D eigenvalue weighted by molar-refractivity contribution is 5.76. The molecule has 2 amide bonds. The van der Waals surface area contributed by atoms with Gasteiger partial charge in [-0.3, -0.25) is 4.79 Å². The molecule has 110 valence electrons. The second-order valence-corrected chi connectivity index (χ2v) is 5.03. The van der Waals surface area contributed by atoms with Crippen LogP contribution < -0.4 is 5.32 Å². The third kappa shape index (κ3) is 4.70. The van der Waals surface area contributed by atoms with Crippen LogP contribution in [-0.2, 0) is 9.53 Å². The number of rotatable bonds is 5. The van der Waals surface area contributed by atoms with Gasteiger partial charge in [-0.25, -0.2) is 4.79 Å². The highest BCUT2D eigenvalue weighted by atomic mass is 16.5. The molecule has 6 heteroatoms. The predicted octanol–water partition coefficient (Wildman–Crippen LogP) is 1.31. The molecule has 6 nitrogen and oxygen atoms in total. The molecule has 0 saturated carbocycles. The van der Waals surface area contributed by atoms with E-state index in [1.807, 2.05) is 6.92 Å². The Labute approximate surface area is 114 Å². The maximum absolute atomic E-state index is 12.1. The van der Waals surface area contributed by atoms with E-state index in [0.717, 1.165) is 12.8 Å². The van der Waals surface area contributed by atoms with Gasteiger partial charge in [-0.2, -0.15) is 0 Å². The Balaban J connectivity index is 2.46. The molecule has 19 heavy (non-hydrogen) atoms. The highest BCUT2D eigenvalue weighted by Crippen LogP contribution is 2.14. The van der Waals surface area contributed by atoms with Crippen molar-refractivity contribution < 1.29 is 19.4 Å². The minimum Gasteiger partial charge on any atom is -0.481 e. The summed E-state index contributed by atoms with van der Waals surface area (Å²) in [4.78, 5) is 24.6. The van der Waals surface area contributed by atoms with Gasteiger partial charge in [0.05, 0.1) is 12.0 Å². The van der Waals surface area contributed by atoms with E-state index in [-0.39, 0.29) is 12.1 Å². The van der Waals surface area contributed by atoms with Crippen LogP contribution in [-0.4, -0.2) is 53.8 Å². The van der Waals surface area contributed by atoms with Crippen LogP contribution >= 0.6 is 0 Å². The molecule has 0 spiro atoms. The van der Waals surface area contributed by atoms with E-state index in [1.54, 1.807) is 18.7 Å². The number of carboxylic acids is 1. The van der Waals surface area contributed by atoms with E-state index in [9.17, 15) is 9.59 Å². The second kappa shape index (κ2) is 7.33. The fourth-order valence-corrected chi connectivity index (χ4v) is 2.12. The Morgan fingerprint density at radius 2 is 2.16 bits per heavy atom. The quantitative estimate of drug-likeness (QED) is 0.791. The van der Waals surface area contributed by atoms with Gasteiger partial charge < -0.3 is 20.1 Å². The molecule has 0 aliphatic carbocycles. The summed E-state index contributed by atoms with van der Waals surface area (Å²) in [5.41, 5.74) is 0. The molecule has 3 unspecified atom stereocenters. The number of amides is 2. The van der Waals surface area contributed by atoms with Gasteiger partial charge in [0, 0.05) is 25.7 Å². The summed E-state index contributed by atoms with van der Waals surface area (Å²) in [6.45, 7) is 7.16. The molecular formula is C13H24N2O4. The zero-order chi connectivity index (χ0) is 14.4. The molecule has 0 aromatic carbocycles. The smallest absolute Gasteiger partial charge is 0.317 e. The zero-order valence-corrected chi connectivity index (χ0v) is 11.9. The minimum atomic E-state index is -0.904. The van der Waals surface area contributed by atoms with Crippen molar-refractivity contribution in [1.82, 2.24) is 10.2 Å². The van der Waals surface area contributed by atoms with Crippen LogP contribution in [0.5, 0.6) is 0 Å². The van der Waals surface area contributed by atoms with Gasteiger partial charge in [0.25, 0.3) is 0 Å². The average molecular weight is 272 g/mol. The summed E-state index contributed by atoms with van der Waals surface area (Å²) < 4.78 is 5.54. The van der Waals surface area contributed by atoms with Crippen LogP contribution in [0.2, 0.25) is 0 Å².